The highest BCUT2D eigenvalue weighted by atomic mass is 32.2. The van der Waals surface area contributed by atoms with Gasteiger partial charge in [-0.05, 0) is 31.0 Å². The summed E-state index contributed by atoms with van der Waals surface area (Å²) in [5.74, 6) is 0.102. The Balaban J connectivity index is 2.27. The van der Waals surface area contributed by atoms with E-state index in [0.717, 1.165) is 5.56 Å². The van der Waals surface area contributed by atoms with Crippen molar-refractivity contribution in [3.05, 3.63) is 29.8 Å². The van der Waals surface area contributed by atoms with Crippen molar-refractivity contribution in [3.63, 3.8) is 0 Å². The molecular formula is C13H18N2O3S. The van der Waals surface area contributed by atoms with E-state index in [4.69, 9.17) is 0 Å². The van der Waals surface area contributed by atoms with Gasteiger partial charge in [-0.3, -0.25) is 9.10 Å². The molecule has 1 fully saturated rings. The lowest BCUT2D eigenvalue weighted by Crippen LogP contribution is -2.26. The van der Waals surface area contributed by atoms with Gasteiger partial charge in [0.15, 0.2) is 0 Å². The summed E-state index contributed by atoms with van der Waals surface area (Å²) >= 11 is 0. The maximum absolute atomic E-state index is 11.9. The summed E-state index contributed by atoms with van der Waals surface area (Å²) in [7, 11) is -3.16. The molecule has 1 aromatic rings. The number of benzene rings is 1. The first-order valence-corrected chi connectivity index (χ1v) is 7.88. The Bertz CT molecular complexity index is 583. The molecule has 5 nitrogen and oxygen atoms in total. The molecule has 1 aliphatic heterocycles. The minimum absolute atomic E-state index is 0.105. The molecule has 19 heavy (non-hydrogen) atoms. The van der Waals surface area contributed by atoms with Crippen molar-refractivity contribution in [3.8, 4) is 0 Å². The fourth-order valence-electron chi connectivity index (χ4n) is 2.27. The van der Waals surface area contributed by atoms with Crippen molar-refractivity contribution in [1.29, 1.82) is 0 Å². The number of carbonyl (C=O) groups excluding carboxylic acids is 1. The molecule has 6 heteroatoms. The third-order valence-electron chi connectivity index (χ3n) is 3.18. The minimum atomic E-state index is -3.16. The molecule has 1 saturated heterocycles. The van der Waals surface area contributed by atoms with Crippen molar-refractivity contribution in [2.45, 2.75) is 26.3 Å². The normalized spacial score (nSPS) is 19.2. The van der Waals surface area contributed by atoms with E-state index < -0.39 is 10.0 Å². The van der Waals surface area contributed by atoms with E-state index in [1.807, 2.05) is 25.1 Å². The second-order valence-electron chi connectivity index (χ2n) is 4.76. The van der Waals surface area contributed by atoms with Gasteiger partial charge in [0, 0.05) is 13.5 Å². The zero-order valence-corrected chi connectivity index (χ0v) is 11.9. The largest absolute Gasteiger partial charge is 0.350 e. The predicted molar refractivity (Wildman–Crippen MR) is 74.4 cm³/mol. The minimum Gasteiger partial charge on any atom is -0.350 e. The highest BCUT2D eigenvalue weighted by Crippen LogP contribution is 2.26. The highest BCUT2D eigenvalue weighted by molar-refractivity contribution is 7.93. The number of rotatable bonds is 3. The van der Waals surface area contributed by atoms with Gasteiger partial charge in [-0.25, -0.2) is 8.42 Å². The number of anilines is 1. The third-order valence-corrected chi connectivity index (χ3v) is 5.05. The molecule has 1 unspecified atom stereocenters. The molecule has 1 aliphatic rings. The van der Waals surface area contributed by atoms with E-state index in [1.165, 1.54) is 11.2 Å². The number of hydrogen-bond acceptors (Lipinski definition) is 3. The molecule has 1 N–H and O–H groups in total. The molecule has 0 saturated carbocycles. The van der Waals surface area contributed by atoms with E-state index >= 15 is 0 Å². The third kappa shape index (κ3) is 3.07. The van der Waals surface area contributed by atoms with Gasteiger partial charge in [-0.15, -0.1) is 0 Å². The lowest BCUT2D eigenvalue weighted by molar-refractivity contribution is -0.119. The van der Waals surface area contributed by atoms with Gasteiger partial charge in [0.05, 0.1) is 17.5 Å². The summed E-state index contributed by atoms with van der Waals surface area (Å²) in [5, 5.41) is 2.79. The van der Waals surface area contributed by atoms with Crippen LogP contribution in [-0.4, -0.2) is 26.6 Å². The van der Waals surface area contributed by atoms with E-state index in [1.54, 1.807) is 6.07 Å². The summed E-state index contributed by atoms with van der Waals surface area (Å²) < 4.78 is 25.2. The van der Waals surface area contributed by atoms with Crippen molar-refractivity contribution in [2.75, 3.05) is 16.6 Å². The molecule has 0 bridgehead atoms. The first-order chi connectivity index (χ1) is 8.90. The van der Waals surface area contributed by atoms with Crippen LogP contribution in [0.1, 0.15) is 31.9 Å². The first-order valence-electron chi connectivity index (χ1n) is 6.27. The van der Waals surface area contributed by atoms with E-state index in [9.17, 15) is 13.2 Å². The maximum Gasteiger partial charge on any atom is 0.235 e. The molecule has 1 aromatic carbocycles. The maximum atomic E-state index is 11.9. The van der Waals surface area contributed by atoms with Crippen molar-refractivity contribution >= 4 is 21.6 Å². The Morgan fingerprint density at radius 2 is 2.16 bits per heavy atom. The zero-order valence-electron chi connectivity index (χ0n) is 11.1. The molecule has 0 aliphatic carbocycles. The van der Waals surface area contributed by atoms with Crippen LogP contribution in [0.15, 0.2) is 24.3 Å². The average molecular weight is 282 g/mol. The van der Waals surface area contributed by atoms with Gasteiger partial charge in [0.25, 0.3) is 0 Å². The molecule has 1 atom stereocenters. The molecule has 0 aromatic heterocycles. The smallest absolute Gasteiger partial charge is 0.235 e. The predicted octanol–water partition coefficient (Wildman–Crippen LogP) is 1.42. The van der Waals surface area contributed by atoms with Crippen LogP contribution in [0.3, 0.4) is 0 Å². The summed E-state index contributed by atoms with van der Waals surface area (Å²) in [4.78, 5) is 11.1. The van der Waals surface area contributed by atoms with Crippen molar-refractivity contribution < 1.29 is 13.2 Å². The number of amides is 1. The molecule has 1 heterocycles. The second kappa shape index (κ2) is 5.21. The zero-order chi connectivity index (χ0) is 14.0. The van der Waals surface area contributed by atoms with Crippen LogP contribution in [0.4, 0.5) is 5.69 Å². The van der Waals surface area contributed by atoms with E-state index in [-0.39, 0.29) is 17.7 Å². The topological polar surface area (TPSA) is 66.5 Å². The fourth-order valence-corrected chi connectivity index (χ4v) is 3.82. The van der Waals surface area contributed by atoms with Gasteiger partial charge in [-0.1, -0.05) is 12.1 Å². The van der Waals surface area contributed by atoms with Crippen LogP contribution in [0.25, 0.3) is 0 Å². The summed E-state index contributed by atoms with van der Waals surface area (Å²) in [6.45, 7) is 3.87. The Kier molecular flexibility index (Phi) is 3.80. The molecule has 1 amide bonds. The van der Waals surface area contributed by atoms with Gasteiger partial charge >= 0.3 is 0 Å². The second-order valence-corrected chi connectivity index (χ2v) is 6.77. The Labute approximate surface area is 113 Å². The number of carbonyl (C=O) groups is 1. The lowest BCUT2D eigenvalue weighted by atomic mass is 10.1. The quantitative estimate of drug-likeness (QED) is 0.912. The van der Waals surface area contributed by atoms with E-state index in [2.05, 4.69) is 5.32 Å². The Hall–Kier alpha value is -1.56. The molecule has 2 rings (SSSR count). The number of sulfonamides is 1. The first kappa shape index (κ1) is 13.9. The SMILES string of the molecule is CC(=O)NC(C)c1cccc(N2CCCS2(=O)=O)c1. The van der Waals surface area contributed by atoms with Gasteiger partial charge in [0.1, 0.15) is 0 Å². The van der Waals surface area contributed by atoms with Crippen LogP contribution in [0, 0.1) is 0 Å². The van der Waals surface area contributed by atoms with Crippen LogP contribution < -0.4 is 9.62 Å². The molecule has 104 valence electrons. The van der Waals surface area contributed by atoms with Gasteiger partial charge in [0.2, 0.25) is 15.9 Å². The lowest BCUT2D eigenvalue weighted by Gasteiger charge is -2.19. The fraction of sp³-hybridized carbons (Fsp3) is 0.462. The average Bonchev–Trinajstić information content (AvgIpc) is 2.68. The van der Waals surface area contributed by atoms with Crippen LogP contribution in [0.5, 0.6) is 0 Å². The van der Waals surface area contributed by atoms with Crippen molar-refractivity contribution in [1.82, 2.24) is 5.32 Å². The standard InChI is InChI=1S/C13H18N2O3S/c1-10(14-11(2)16)12-5-3-6-13(9-12)15-7-4-8-19(15,17)18/h3,5-6,9-10H,4,7-8H2,1-2H3,(H,14,16). The number of hydrogen-bond donors (Lipinski definition) is 1. The van der Waals surface area contributed by atoms with Crippen LogP contribution in [-0.2, 0) is 14.8 Å². The number of nitrogens with zero attached hydrogens (tertiary/aromatic N) is 1. The Morgan fingerprint density at radius 3 is 2.74 bits per heavy atom. The molecular weight excluding hydrogens is 264 g/mol. The van der Waals surface area contributed by atoms with Gasteiger partial charge < -0.3 is 5.32 Å². The van der Waals surface area contributed by atoms with Crippen LogP contribution in [0.2, 0.25) is 0 Å². The van der Waals surface area contributed by atoms with Gasteiger partial charge in [-0.2, -0.15) is 0 Å². The number of nitrogens with one attached hydrogen (secondary N) is 1. The summed E-state index contributed by atoms with van der Waals surface area (Å²) in [5.41, 5.74) is 1.57. The summed E-state index contributed by atoms with van der Waals surface area (Å²) in [6, 6.07) is 7.17. The molecule has 0 spiro atoms. The monoisotopic (exact) mass is 282 g/mol. The Morgan fingerprint density at radius 1 is 1.42 bits per heavy atom. The van der Waals surface area contributed by atoms with Crippen LogP contribution >= 0.6 is 0 Å². The van der Waals surface area contributed by atoms with E-state index in [0.29, 0.717) is 18.7 Å². The summed E-state index contributed by atoms with van der Waals surface area (Å²) in [6.07, 6.45) is 0.661. The molecule has 0 radical (unpaired) electrons. The van der Waals surface area contributed by atoms with Crippen molar-refractivity contribution in [2.24, 2.45) is 0 Å². The highest BCUT2D eigenvalue weighted by Gasteiger charge is 2.28.